The predicted molar refractivity (Wildman–Crippen MR) is 130 cm³/mol. The maximum Gasteiger partial charge on any atom is 0.264 e. The molecule has 3 aromatic rings. The van der Waals surface area contributed by atoms with E-state index in [9.17, 15) is 13.2 Å². The molecule has 0 aliphatic heterocycles. The summed E-state index contributed by atoms with van der Waals surface area (Å²) in [5.74, 6) is -0.310. The number of hydrogen-bond acceptors (Lipinski definition) is 3. The minimum atomic E-state index is -3.95. The topological polar surface area (TPSA) is 66.5 Å². The van der Waals surface area contributed by atoms with Crippen molar-refractivity contribution in [2.75, 3.05) is 4.31 Å². The summed E-state index contributed by atoms with van der Waals surface area (Å²) in [5.41, 5.74) is 2.34. The molecule has 168 valence electrons. The molecule has 1 unspecified atom stereocenters. The first-order valence-corrected chi connectivity index (χ1v) is 12.3. The van der Waals surface area contributed by atoms with Gasteiger partial charge >= 0.3 is 0 Å². The van der Waals surface area contributed by atoms with E-state index < -0.39 is 10.0 Å². The largest absolute Gasteiger partial charge is 0.350 e. The van der Waals surface area contributed by atoms with Gasteiger partial charge in [0.15, 0.2) is 0 Å². The van der Waals surface area contributed by atoms with Crippen molar-refractivity contribution < 1.29 is 13.2 Å². The molecule has 0 aliphatic rings. The van der Waals surface area contributed by atoms with Gasteiger partial charge in [0.05, 0.1) is 22.7 Å². The van der Waals surface area contributed by atoms with Crippen molar-refractivity contribution in [3.8, 4) is 0 Å². The average Bonchev–Trinajstić information content (AvgIpc) is 2.78. The van der Waals surface area contributed by atoms with Gasteiger partial charge in [-0.05, 0) is 62.2 Å². The standard InChI is InChI=1S/C25H27ClN2O3S/c1-4-19(3)27-25(29)23-7-5-6-8-24(23)28(17-20-11-13-21(26)14-12-20)32(30,31)22-15-9-18(2)10-16-22/h5-16,19H,4,17H2,1-3H3,(H,27,29). The van der Waals surface area contributed by atoms with Gasteiger partial charge in [0.2, 0.25) is 0 Å². The van der Waals surface area contributed by atoms with E-state index >= 15 is 0 Å². The van der Waals surface area contributed by atoms with Gasteiger partial charge in [-0.15, -0.1) is 0 Å². The number of nitrogens with zero attached hydrogens (tertiary/aromatic N) is 1. The minimum absolute atomic E-state index is 0.0334. The van der Waals surface area contributed by atoms with Crippen LogP contribution >= 0.6 is 11.6 Å². The van der Waals surface area contributed by atoms with Gasteiger partial charge < -0.3 is 5.32 Å². The highest BCUT2D eigenvalue weighted by atomic mass is 35.5. The van der Waals surface area contributed by atoms with Crippen molar-refractivity contribution >= 4 is 33.2 Å². The molecule has 0 radical (unpaired) electrons. The fraction of sp³-hybridized carbons (Fsp3) is 0.240. The molecule has 0 fully saturated rings. The van der Waals surface area contributed by atoms with Gasteiger partial charge in [-0.1, -0.05) is 60.5 Å². The molecule has 0 saturated carbocycles. The molecule has 1 amide bonds. The van der Waals surface area contributed by atoms with Crippen molar-refractivity contribution in [2.45, 2.75) is 44.7 Å². The molecule has 32 heavy (non-hydrogen) atoms. The van der Waals surface area contributed by atoms with Crippen LogP contribution < -0.4 is 9.62 Å². The third kappa shape index (κ3) is 5.50. The van der Waals surface area contributed by atoms with Crippen LogP contribution in [0.25, 0.3) is 0 Å². The predicted octanol–water partition coefficient (Wildman–Crippen LogP) is 5.57. The quantitative estimate of drug-likeness (QED) is 0.467. The molecule has 3 aromatic carbocycles. The van der Waals surface area contributed by atoms with Crippen molar-refractivity contribution in [1.82, 2.24) is 5.32 Å². The van der Waals surface area contributed by atoms with E-state index in [1.807, 2.05) is 20.8 Å². The molecule has 3 rings (SSSR count). The third-order valence-corrected chi connectivity index (χ3v) is 7.28. The van der Waals surface area contributed by atoms with Gasteiger partial charge in [0.1, 0.15) is 0 Å². The first-order valence-electron chi connectivity index (χ1n) is 10.5. The zero-order valence-corrected chi connectivity index (χ0v) is 20.0. The van der Waals surface area contributed by atoms with Crippen molar-refractivity contribution in [3.05, 3.63) is 94.5 Å². The SMILES string of the molecule is CCC(C)NC(=O)c1ccccc1N(Cc1ccc(Cl)cc1)S(=O)(=O)c1ccc(C)cc1. The van der Waals surface area contributed by atoms with Gasteiger partial charge in [0, 0.05) is 11.1 Å². The number of benzene rings is 3. The minimum Gasteiger partial charge on any atom is -0.350 e. The number of sulfonamides is 1. The lowest BCUT2D eigenvalue weighted by atomic mass is 10.1. The lowest BCUT2D eigenvalue weighted by Crippen LogP contribution is -2.36. The van der Waals surface area contributed by atoms with Gasteiger partial charge in [-0.3, -0.25) is 9.10 Å². The van der Waals surface area contributed by atoms with Crippen LogP contribution in [-0.2, 0) is 16.6 Å². The molecule has 1 atom stereocenters. The molecule has 7 heteroatoms. The van der Waals surface area contributed by atoms with Crippen LogP contribution in [0.2, 0.25) is 5.02 Å². The molecule has 1 N–H and O–H groups in total. The maximum absolute atomic E-state index is 13.7. The molecule has 0 spiro atoms. The van der Waals surface area contributed by atoms with Crippen LogP contribution in [0.5, 0.6) is 0 Å². The fourth-order valence-corrected chi connectivity index (χ4v) is 4.78. The van der Waals surface area contributed by atoms with Gasteiger partial charge in [-0.25, -0.2) is 8.42 Å². The Morgan fingerprint density at radius 1 is 1.00 bits per heavy atom. The third-order valence-electron chi connectivity index (χ3n) is 5.26. The van der Waals surface area contributed by atoms with Gasteiger partial charge in [0.25, 0.3) is 15.9 Å². The second kappa shape index (κ2) is 10.2. The van der Waals surface area contributed by atoms with Crippen LogP contribution in [-0.4, -0.2) is 20.4 Å². The summed E-state index contributed by atoms with van der Waals surface area (Å²) in [6.07, 6.45) is 0.768. The summed E-state index contributed by atoms with van der Waals surface area (Å²) in [4.78, 5) is 13.2. The van der Waals surface area contributed by atoms with Crippen molar-refractivity contribution in [3.63, 3.8) is 0 Å². The lowest BCUT2D eigenvalue weighted by molar-refractivity contribution is 0.0940. The zero-order chi connectivity index (χ0) is 23.3. The number of amides is 1. The molecule has 0 heterocycles. The molecular weight excluding hydrogens is 444 g/mol. The summed E-state index contributed by atoms with van der Waals surface area (Å²) in [6, 6.07) is 20.4. The Labute approximate surface area is 195 Å². The monoisotopic (exact) mass is 470 g/mol. The first kappa shape index (κ1) is 23.8. The Bertz CT molecular complexity index is 1180. The normalized spacial score (nSPS) is 12.2. The number of para-hydroxylation sites is 1. The number of rotatable bonds is 8. The summed E-state index contributed by atoms with van der Waals surface area (Å²) in [6.45, 7) is 5.85. The molecule has 0 aliphatic carbocycles. The maximum atomic E-state index is 13.7. The van der Waals surface area contributed by atoms with Crippen LogP contribution in [0.15, 0.2) is 77.7 Å². The molecule has 0 aromatic heterocycles. The molecular formula is C25H27ClN2O3S. The number of carbonyl (C=O) groups is 1. The Balaban J connectivity index is 2.12. The smallest absolute Gasteiger partial charge is 0.264 e. The lowest BCUT2D eigenvalue weighted by Gasteiger charge is -2.27. The number of nitrogens with one attached hydrogen (secondary N) is 1. The van der Waals surface area contributed by atoms with E-state index in [2.05, 4.69) is 5.32 Å². The van der Waals surface area contributed by atoms with Crippen LogP contribution in [0.3, 0.4) is 0 Å². The second-order valence-corrected chi connectivity index (χ2v) is 10.0. The molecule has 0 saturated heterocycles. The van der Waals surface area contributed by atoms with E-state index in [-0.39, 0.29) is 23.4 Å². The molecule has 0 bridgehead atoms. The number of anilines is 1. The van der Waals surface area contributed by atoms with Crippen molar-refractivity contribution in [1.29, 1.82) is 0 Å². The van der Waals surface area contributed by atoms with Crippen LogP contribution in [0.1, 0.15) is 41.8 Å². The Morgan fingerprint density at radius 3 is 2.25 bits per heavy atom. The van der Waals surface area contributed by atoms with E-state index in [1.165, 1.54) is 4.31 Å². The summed E-state index contributed by atoms with van der Waals surface area (Å²) in [5, 5.41) is 3.50. The fourth-order valence-electron chi connectivity index (χ4n) is 3.18. The van der Waals surface area contributed by atoms with Crippen molar-refractivity contribution in [2.24, 2.45) is 0 Å². The van der Waals surface area contributed by atoms with Crippen LogP contribution in [0, 0.1) is 6.92 Å². The summed E-state index contributed by atoms with van der Waals surface area (Å²) in [7, 11) is -3.95. The zero-order valence-electron chi connectivity index (χ0n) is 18.4. The van der Waals surface area contributed by atoms with E-state index in [4.69, 9.17) is 11.6 Å². The van der Waals surface area contributed by atoms with E-state index in [0.29, 0.717) is 16.3 Å². The highest BCUT2D eigenvalue weighted by Crippen LogP contribution is 2.30. The van der Waals surface area contributed by atoms with E-state index in [0.717, 1.165) is 17.5 Å². The van der Waals surface area contributed by atoms with Gasteiger partial charge in [-0.2, -0.15) is 0 Å². The first-order chi connectivity index (χ1) is 15.2. The molecule has 5 nitrogen and oxygen atoms in total. The second-order valence-electron chi connectivity index (χ2n) is 7.75. The highest BCUT2D eigenvalue weighted by Gasteiger charge is 2.28. The Hall–Kier alpha value is -2.83. The number of halogens is 1. The van der Waals surface area contributed by atoms with Crippen LogP contribution in [0.4, 0.5) is 5.69 Å². The number of aryl methyl sites for hydroxylation is 1. The number of carbonyl (C=O) groups excluding carboxylic acids is 1. The average molecular weight is 471 g/mol. The summed E-state index contributed by atoms with van der Waals surface area (Å²) < 4.78 is 28.8. The Kier molecular flexibility index (Phi) is 7.59. The van der Waals surface area contributed by atoms with E-state index in [1.54, 1.807) is 72.8 Å². The number of hydrogen-bond donors (Lipinski definition) is 1. The Morgan fingerprint density at radius 2 is 1.62 bits per heavy atom. The highest BCUT2D eigenvalue weighted by molar-refractivity contribution is 7.92. The summed E-state index contributed by atoms with van der Waals surface area (Å²) >= 11 is 6.01.